The zero-order valence-electron chi connectivity index (χ0n) is 15.9. The van der Waals surface area contributed by atoms with Crippen molar-refractivity contribution in [2.45, 2.75) is 13.0 Å². The lowest BCUT2D eigenvalue weighted by molar-refractivity contribution is -0.384. The van der Waals surface area contributed by atoms with E-state index in [9.17, 15) is 10.1 Å². The zero-order chi connectivity index (χ0) is 20.9. The van der Waals surface area contributed by atoms with Gasteiger partial charge < -0.3 is 13.7 Å². The first-order valence-corrected chi connectivity index (χ1v) is 9.13. The molecule has 2 aromatic heterocycles. The van der Waals surface area contributed by atoms with Gasteiger partial charge in [0.1, 0.15) is 18.1 Å². The highest BCUT2D eigenvalue weighted by Crippen LogP contribution is 2.26. The molecule has 8 heteroatoms. The summed E-state index contributed by atoms with van der Waals surface area (Å²) >= 11 is 0. The van der Waals surface area contributed by atoms with Crippen LogP contribution in [0.25, 0.3) is 23.0 Å². The lowest BCUT2D eigenvalue weighted by Gasteiger charge is -2.08. The molecule has 30 heavy (non-hydrogen) atoms. The zero-order valence-corrected chi connectivity index (χ0v) is 15.9. The fraction of sp³-hybridized carbons (Fsp3) is 0.0909. The highest BCUT2D eigenvalue weighted by molar-refractivity contribution is 5.59. The van der Waals surface area contributed by atoms with E-state index >= 15 is 0 Å². The molecule has 8 nitrogen and oxygen atoms in total. The van der Waals surface area contributed by atoms with Gasteiger partial charge in [0.05, 0.1) is 4.92 Å². The van der Waals surface area contributed by atoms with E-state index in [4.69, 9.17) is 13.7 Å². The summed E-state index contributed by atoms with van der Waals surface area (Å²) in [5, 5.41) is 14.7. The first kappa shape index (κ1) is 19.1. The van der Waals surface area contributed by atoms with Gasteiger partial charge in [-0.2, -0.15) is 4.98 Å². The second-order valence-electron chi connectivity index (χ2n) is 6.38. The van der Waals surface area contributed by atoms with Crippen molar-refractivity contribution >= 4 is 5.69 Å². The van der Waals surface area contributed by atoms with Crippen LogP contribution >= 0.6 is 0 Å². The molecule has 0 atom stereocenters. The molecule has 4 aromatic rings. The first-order chi connectivity index (χ1) is 14.6. The summed E-state index contributed by atoms with van der Waals surface area (Å²) in [4.78, 5) is 14.6. The van der Waals surface area contributed by atoms with Crippen LogP contribution in [0.3, 0.4) is 0 Å². The van der Waals surface area contributed by atoms with Gasteiger partial charge in [-0.1, -0.05) is 29.4 Å². The molecular weight excluding hydrogens is 386 g/mol. The average molecular weight is 403 g/mol. The van der Waals surface area contributed by atoms with E-state index < -0.39 is 4.92 Å². The Kier molecular flexibility index (Phi) is 5.38. The minimum Gasteiger partial charge on any atom is -0.485 e. The molecule has 2 aromatic carbocycles. The number of para-hydroxylation sites is 1. The second-order valence-corrected chi connectivity index (χ2v) is 6.38. The van der Waals surface area contributed by atoms with Crippen LogP contribution in [-0.4, -0.2) is 15.1 Å². The van der Waals surface area contributed by atoms with Gasteiger partial charge in [0, 0.05) is 17.7 Å². The summed E-state index contributed by atoms with van der Waals surface area (Å²) in [7, 11) is 0. The maximum Gasteiger partial charge on any atom is 0.293 e. The number of nitrogens with zero attached hydrogens (tertiary/aromatic N) is 3. The van der Waals surface area contributed by atoms with Crippen LogP contribution in [0.5, 0.6) is 5.75 Å². The molecule has 4 rings (SSSR count). The van der Waals surface area contributed by atoms with Gasteiger partial charge in [-0.15, -0.1) is 6.58 Å². The molecule has 0 aliphatic heterocycles. The molecule has 0 aliphatic carbocycles. The number of aromatic nitrogens is 2. The molecule has 0 aliphatic rings. The number of rotatable bonds is 8. The fourth-order valence-electron chi connectivity index (χ4n) is 2.86. The van der Waals surface area contributed by atoms with Crippen LogP contribution in [0.4, 0.5) is 5.69 Å². The van der Waals surface area contributed by atoms with Crippen molar-refractivity contribution in [3.05, 3.63) is 94.8 Å². The summed E-state index contributed by atoms with van der Waals surface area (Å²) in [5.41, 5.74) is 1.64. The number of benzene rings is 2. The van der Waals surface area contributed by atoms with Crippen LogP contribution in [0.15, 0.2) is 82.3 Å². The molecule has 0 fully saturated rings. The number of non-ortho nitro benzene ring substituents is 1. The van der Waals surface area contributed by atoms with Crippen molar-refractivity contribution < 1.29 is 18.6 Å². The number of ether oxygens (including phenoxy) is 1. The van der Waals surface area contributed by atoms with Crippen LogP contribution in [0.2, 0.25) is 0 Å². The Balaban J connectivity index is 1.46. The van der Waals surface area contributed by atoms with Gasteiger partial charge in [0.2, 0.25) is 5.82 Å². The fourth-order valence-corrected chi connectivity index (χ4v) is 2.86. The van der Waals surface area contributed by atoms with E-state index in [1.807, 2.05) is 30.3 Å². The smallest absolute Gasteiger partial charge is 0.293 e. The molecule has 0 unspecified atom stereocenters. The lowest BCUT2D eigenvalue weighted by atomic mass is 10.1. The van der Waals surface area contributed by atoms with Crippen molar-refractivity contribution in [3.63, 3.8) is 0 Å². The highest BCUT2D eigenvalue weighted by Gasteiger charge is 2.15. The quantitative estimate of drug-likeness (QED) is 0.226. The standard InChI is InChI=1S/C22H17N3O5/c1-2-5-15-6-3-4-7-19(15)28-14-18-12-13-20(29-18)22-23-21(24-30-22)16-8-10-17(11-9-16)25(26)27/h2-4,6-13H,1,5,14H2. The number of furan rings is 1. The van der Waals surface area contributed by atoms with Crippen LogP contribution in [0, 0.1) is 10.1 Å². The Bertz CT molecular complexity index is 1180. The van der Waals surface area contributed by atoms with Crippen LogP contribution in [-0.2, 0) is 13.0 Å². The van der Waals surface area contributed by atoms with Gasteiger partial charge in [-0.25, -0.2) is 0 Å². The topological polar surface area (TPSA) is 104 Å². The average Bonchev–Trinajstić information content (AvgIpc) is 3.43. The van der Waals surface area contributed by atoms with Gasteiger partial charge in [0.25, 0.3) is 11.6 Å². The number of hydrogen-bond acceptors (Lipinski definition) is 7. The van der Waals surface area contributed by atoms with Crippen molar-refractivity contribution in [3.8, 4) is 28.8 Å². The van der Waals surface area contributed by atoms with Crippen molar-refractivity contribution in [2.24, 2.45) is 0 Å². The molecule has 2 heterocycles. The lowest BCUT2D eigenvalue weighted by Crippen LogP contribution is -1.97. The third kappa shape index (κ3) is 4.12. The summed E-state index contributed by atoms with van der Waals surface area (Å²) in [5.74, 6) is 2.31. The van der Waals surface area contributed by atoms with Gasteiger partial charge >= 0.3 is 0 Å². The Labute approximate surface area is 171 Å². The molecular formula is C22H17N3O5. The minimum absolute atomic E-state index is 0.00666. The second kappa shape index (κ2) is 8.44. The molecule has 0 bridgehead atoms. The van der Waals surface area contributed by atoms with E-state index in [1.165, 1.54) is 12.1 Å². The SMILES string of the molecule is C=CCc1ccccc1OCc1ccc(-c2nc(-c3ccc([N+](=O)[O-])cc3)no2)o1. The van der Waals surface area contributed by atoms with Crippen molar-refractivity contribution in [2.75, 3.05) is 0 Å². The minimum atomic E-state index is -0.465. The van der Waals surface area contributed by atoms with Crippen LogP contribution in [0.1, 0.15) is 11.3 Å². The van der Waals surface area contributed by atoms with Crippen LogP contribution < -0.4 is 4.74 Å². The normalized spacial score (nSPS) is 10.7. The highest BCUT2D eigenvalue weighted by atomic mass is 16.6. The predicted octanol–water partition coefficient (Wildman–Crippen LogP) is 5.21. The Morgan fingerprint density at radius 1 is 1.10 bits per heavy atom. The number of allylic oxidation sites excluding steroid dienone is 1. The molecule has 0 saturated heterocycles. The number of hydrogen-bond donors (Lipinski definition) is 0. The van der Waals surface area contributed by atoms with E-state index in [-0.39, 0.29) is 18.2 Å². The molecule has 0 N–H and O–H groups in total. The Morgan fingerprint density at radius 2 is 1.90 bits per heavy atom. The van der Waals surface area contributed by atoms with Crippen molar-refractivity contribution in [1.29, 1.82) is 0 Å². The third-order valence-corrected chi connectivity index (χ3v) is 4.34. The van der Waals surface area contributed by atoms with E-state index in [0.717, 1.165) is 11.3 Å². The maximum atomic E-state index is 10.8. The molecule has 0 spiro atoms. The largest absolute Gasteiger partial charge is 0.485 e. The Morgan fingerprint density at radius 3 is 2.67 bits per heavy atom. The van der Waals surface area contributed by atoms with E-state index in [0.29, 0.717) is 29.3 Å². The van der Waals surface area contributed by atoms with Gasteiger partial charge in [-0.3, -0.25) is 10.1 Å². The van der Waals surface area contributed by atoms with Gasteiger partial charge in [0.15, 0.2) is 5.76 Å². The Hall–Kier alpha value is -4.20. The molecule has 0 saturated carbocycles. The van der Waals surface area contributed by atoms with Crippen molar-refractivity contribution in [1.82, 2.24) is 10.1 Å². The molecule has 0 amide bonds. The summed E-state index contributed by atoms with van der Waals surface area (Å²) < 4.78 is 16.9. The van der Waals surface area contributed by atoms with Gasteiger partial charge in [-0.05, 0) is 42.3 Å². The predicted molar refractivity (Wildman–Crippen MR) is 109 cm³/mol. The van der Waals surface area contributed by atoms with E-state index in [2.05, 4.69) is 16.7 Å². The third-order valence-electron chi connectivity index (χ3n) is 4.34. The molecule has 150 valence electrons. The summed E-state index contributed by atoms with van der Waals surface area (Å²) in [6.07, 6.45) is 2.54. The summed E-state index contributed by atoms with van der Waals surface area (Å²) in [6.45, 7) is 4.01. The van der Waals surface area contributed by atoms with E-state index in [1.54, 1.807) is 24.3 Å². The maximum absolute atomic E-state index is 10.8. The monoisotopic (exact) mass is 403 g/mol. The summed E-state index contributed by atoms with van der Waals surface area (Å²) in [6, 6.07) is 17.2. The number of nitro benzene ring substituents is 1. The number of nitro groups is 1. The first-order valence-electron chi connectivity index (χ1n) is 9.13. The molecule has 0 radical (unpaired) electrons.